The van der Waals surface area contributed by atoms with Gasteiger partial charge in [0.2, 0.25) is 0 Å². The van der Waals surface area contributed by atoms with Crippen LogP contribution in [-0.4, -0.2) is 47.6 Å². The fourth-order valence-electron chi connectivity index (χ4n) is 3.92. The Hall–Kier alpha value is -2.85. The Morgan fingerprint density at radius 2 is 1.87 bits per heavy atom. The van der Waals surface area contributed by atoms with Crippen LogP contribution >= 0.6 is 11.6 Å². The second kappa shape index (κ2) is 11.0. The van der Waals surface area contributed by atoms with E-state index < -0.39 is 5.91 Å². The summed E-state index contributed by atoms with van der Waals surface area (Å²) in [5.41, 5.74) is 0.287. The van der Waals surface area contributed by atoms with Crippen LogP contribution in [0.3, 0.4) is 0 Å². The molecule has 0 unspecified atom stereocenters. The average molecular weight is 442 g/mol. The number of benzene rings is 1. The number of piperidine rings is 1. The van der Waals surface area contributed by atoms with Crippen molar-refractivity contribution >= 4 is 29.1 Å². The van der Waals surface area contributed by atoms with Crippen LogP contribution in [-0.2, 0) is 4.79 Å². The van der Waals surface area contributed by atoms with E-state index in [1.807, 2.05) is 11.0 Å². The lowest BCUT2D eigenvalue weighted by Gasteiger charge is -2.29. The van der Waals surface area contributed by atoms with Crippen LogP contribution in [0.25, 0.3) is 0 Å². The fraction of sp³-hybridized carbons (Fsp3) is 0.478. The highest BCUT2D eigenvalue weighted by Crippen LogP contribution is 2.27. The number of likely N-dealkylation sites (tertiary alicyclic amines) is 1. The topological polar surface area (TPSA) is 113 Å². The molecule has 1 aromatic rings. The first-order valence-electron chi connectivity index (χ1n) is 10.7. The predicted octanol–water partition coefficient (Wildman–Crippen LogP) is 4.06. The maximum absolute atomic E-state index is 12.3. The summed E-state index contributed by atoms with van der Waals surface area (Å²) >= 11 is 6.06. The molecule has 1 aliphatic heterocycles. The first-order chi connectivity index (χ1) is 15.0. The number of nitrogens with zero attached hydrogens (tertiary/aromatic N) is 2. The van der Waals surface area contributed by atoms with E-state index in [4.69, 9.17) is 32.4 Å². The van der Waals surface area contributed by atoms with Crippen LogP contribution in [0.5, 0.6) is 5.75 Å². The van der Waals surface area contributed by atoms with Gasteiger partial charge in [-0.05, 0) is 69.2 Å². The molecule has 31 heavy (non-hydrogen) atoms. The van der Waals surface area contributed by atoms with Gasteiger partial charge in [-0.15, -0.1) is 0 Å². The Morgan fingerprint density at radius 3 is 2.52 bits per heavy atom. The molecule has 0 spiro atoms. The third kappa shape index (κ3) is 6.56. The SMILES string of the molecule is N#Cc1ccc(OC2CCC(NC(=O)C(=N)/C=C\C(=N)N3CCCCC3)CC2)cc1Cl. The van der Waals surface area contributed by atoms with Crippen LogP contribution in [0, 0.1) is 22.1 Å². The molecule has 1 heterocycles. The number of hydrogen-bond acceptors (Lipinski definition) is 5. The first-order valence-corrected chi connectivity index (χ1v) is 11.1. The molecule has 3 N–H and O–H groups in total. The standard InChI is InChI=1S/C23H28ClN5O2/c24-20-14-19(7-4-16(20)15-25)31-18-8-5-17(6-9-18)28-23(30)21(26)10-11-22(27)29-12-2-1-3-13-29/h4,7,10-11,14,17-18,26-27H,1-3,5-6,8-9,12-13H2,(H,28,30)/b11-10-,26-21?,27-22?. The van der Waals surface area contributed by atoms with Gasteiger partial charge in [-0.25, -0.2) is 0 Å². The van der Waals surface area contributed by atoms with Crippen molar-refractivity contribution in [2.24, 2.45) is 0 Å². The van der Waals surface area contributed by atoms with E-state index >= 15 is 0 Å². The number of carbonyl (C=O) groups is 1. The molecule has 7 nitrogen and oxygen atoms in total. The molecule has 0 bridgehead atoms. The van der Waals surface area contributed by atoms with Crippen LogP contribution in [0.1, 0.15) is 50.5 Å². The number of rotatable bonds is 6. The van der Waals surface area contributed by atoms with Crippen molar-refractivity contribution in [2.75, 3.05) is 13.1 Å². The van der Waals surface area contributed by atoms with E-state index in [0.717, 1.165) is 51.6 Å². The zero-order valence-corrected chi connectivity index (χ0v) is 18.3. The fourth-order valence-corrected chi connectivity index (χ4v) is 4.13. The van der Waals surface area contributed by atoms with Gasteiger partial charge in [0, 0.05) is 25.2 Å². The lowest BCUT2D eigenvalue weighted by molar-refractivity contribution is -0.115. The van der Waals surface area contributed by atoms with Crippen molar-refractivity contribution in [2.45, 2.75) is 57.1 Å². The summed E-state index contributed by atoms with van der Waals surface area (Å²) in [6.07, 6.45) is 9.44. The van der Waals surface area contributed by atoms with E-state index in [2.05, 4.69) is 5.32 Å². The van der Waals surface area contributed by atoms with Gasteiger partial charge in [0.25, 0.3) is 5.91 Å². The van der Waals surface area contributed by atoms with Crippen LogP contribution in [0.4, 0.5) is 0 Å². The number of hydrogen-bond donors (Lipinski definition) is 3. The van der Waals surface area contributed by atoms with Crippen molar-refractivity contribution in [1.29, 1.82) is 16.1 Å². The highest BCUT2D eigenvalue weighted by Gasteiger charge is 2.24. The number of nitrogens with one attached hydrogen (secondary N) is 3. The van der Waals surface area contributed by atoms with E-state index in [9.17, 15) is 4.79 Å². The molecule has 1 amide bonds. The lowest BCUT2D eigenvalue weighted by Crippen LogP contribution is -2.42. The van der Waals surface area contributed by atoms with Crippen molar-refractivity contribution in [3.8, 4) is 11.8 Å². The lowest BCUT2D eigenvalue weighted by atomic mass is 9.92. The van der Waals surface area contributed by atoms with Gasteiger partial charge in [0.1, 0.15) is 23.4 Å². The van der Waals surface area contributed by atoms with Gasteiger partial charge in [-0.3, -0.25) is 15.6 Å². The number of carbonyl (C=O) groups excluding carboxylic acids is 1. The highest BCUT2D eigenvalue weighted by atomic mass is 35.5. The highest BCUT2D eigenvalue weighted by molar-refractivity contribution is 6.42. The minimum absolute atomic E-state index is 0.00667. The minimum atomic E-state index is -0.411. The van der Waals surface area contributed by atoms with Crippen molar-refractivity contribution in [3.05, 3.63) is 40.9 Å². The monoisotopic (exact) mass is 441 g/mol. The van der Waals surface area contributed by atoms with Gasteiger partial charge < -0.3 is 15.0 Å². The number of nitriles is 1. The molecular formula is C23H28ClN5O2. The van der Waals surface area contributed by atoms with E-state index in [1.165, 1.54) is 12.5 Å². The Bertz CT molecular complexity index is 894. The molecule has 1 saturated carbocycles. The first kappa shape index (κ1) is 22.8. The maximum atomic E-state index is 12.3. The van der Waals surface area contributed by atoms with E-state index in [-0.39, 0.29) is 17.9 Å². The normalized spacial score (nSPS) is 21.4. The number of ether oxygens (including phenoxy) is 1. The summed E-state index contributed by atoms with van der Waals surface area (Å²) < 4.78 is 5.97. The van der Waals surface area contributed by atoms with E-state index in [0.29, 0.717) is 22.2 Å². The molecule has 0 atom stereocenters. The van der Waals surface area contributed by atoms with Gasteiger partial charge in [-0.1, -0.05) is 11.6 Å². The molecule has 3 rings (SSSR count). The number of amidine groups is 1. The van der Waals surface area contributed by atoms with Gasteiger partial charge in [0.05, 0.1) is 16.7 Å². The summed E-state index contributed by atoms with van der Waals surface area (Å²) in [6.45, 7) is 1.73. The second-order valence-corrected chi connectivity index (χ2v) is 8.41. The Kier molecular flexibility index (Phi) is 8.07. The van der Waals surface area contributed by atoms with Crippen molar-refractivity contribution in [1.82, 2.24) is 10.2 Å². The molecule has 0 aromatic heterocycles. The van der Waals surface area contributed by atoms with Crippen LogP contribution in [0.2, 0.25) is 5.02 Å². The van der Waals surface area contributed by atoms with Crippen LogP contribution < -0.4 is 10.1 Å². The molecular weight excluding hydrogens is 414 g/mol. The summed E-state index contributed by atoms with van der Waals surface area (Å²) in [5.74, 6) is 0.586. The third-order valence-electron chi connectivity index (χ3n) is 5.72. The summed E-state index contributed by atoms with van der Waals surface area (Å²) in [6, 6.07) is 7.08. The molecule has 2 aliphatic rings. The molecule has 8 heteroatoms. The van der Waals surface area contributed by atoms with Gasteiger partial charge in [-0.2, -0.15) is 5.26 Å². The van der Waals surface area contributed by atoms with Crippen molar-refractivity contribution in [3.63, 3.8) is 0 Å². The average Bonchev–Trinajstić information content (AvgIpc) is 2.79. The van der Waals surface area contributed by atoms with E-state index in [1.54, 1.807) is 24.3 Å². The molecule has 164 valence electrons. The van der Waals surface area contributed by atoms with Gasteiger partial charge in [0.15, 0.2) is 0 Å². The van der Waals surface area contributed by atoms with Gasteiger partial charge >= 0.3 is 0 Å². The largest absolute Gasteiger partial charge is 0.490 e. The maximum Gasteiger partial charge on any atom is 0.269 e. The zero-order chi connectivity index (χ0) is 22.2. The smallest absolute Gasteiger partial charge is 0.269 e. The van der Waals surface area contributed by atoms with Crippen LogP contribution in [0.15, 0.2) is 30.4 Å². The predicted molar refractivity (Wildman–Crippen MR) is 121 cm³/mol. The quantitative estimate of drug-likeness (QED) is 0.456. The Balaban J connectivity index is 1.41. The van der Waals surface area contributed by atoms with Crippen molar-refractivity contribution < 1.29 is 9.53 Å². The molecule has 1 saturated heterocycles. The second-order valence-electron chi connectivity index (χ2n) is 8.00. The summed E-state index contributed by atoms with van der Waals surface area (Å²) in [4.78, 5) is 14.3. The Labute approximate surface area is 188 Å². The summed E-state index contributed by atoms with van der Waals surface area (Å²) in [7, 11) is 0. The molecule has 1 aromatic carbocycles. The Morgan fingerprint density at radius 1 is 1.16 bits per heavy atom. The molecule has 0 radical (unpaired) electrons. The minimum Gasteiger partial charge on any atom is -0.490 e. The number of halogens is 1. The number of amides is 1. The molecule has 2 fully saturated rings. The molecule has 1 aliphatic carbocycles. The summed E-state index contributed by atoms with van der Waals surface area (Å²) in [5, 5.41) is 28.3. The third-order valence-corrected chi connectivity index (χ3v) is 6.04. The zero-order valence-electron chi connectivity index (χ0n) is 17.5.